The van der Waals surface area contributed by atoms with Gasteiger partial charge in [0.25, 0.3) is 0 Å². The molecule has 2 heteroatoms. The largest absolute Gasteiger partial charge is 0.458 e. The summed E-state index contributed by atoms with van der Waals surface area (Å²) in [7, 11) is 0. The van der Waals surface area contributed by atoms with Crippen LogP contribution < -0.4 is 0 Å². The smallest absolute Gasteiger partial charge is 0.311 e. The van der Waals surface area contributed by atoms with Crippen molar-refractivity contribution >= 4 is 5.97 Å². The molecule has 0 heterocycles. The summed E-state index contributed by atoms with van der Waals surface area (Å²) in [4.78, 5) is 11.4. The molecule has 1 aliphatic carbocycles. The van der Waals surface area contributed by atoms with Crippen molar-refractivity contribution in [3.63, 3.8) is 0 Å². The molecule has 0 saturated carbocycles. The summed E-state index contributed by atoms with van der Waals surface area (Å²) in [5, 5.41) is 0. The maximum Gasteiger partial charge on any atom is 0.311 e. The summed E-state index contributed by atoms with van der Waals surface area (Å²) in [5.41, 5.74) is -0.379. The van der Waals surface area contributed by atoms with E-state index in [0.717, 1.165) is 12.8 Å². The molecular formula is C10H16O2. The second-order valence-corrected chi connectivity index (χ2v) is 4.20. The molecule has 68 valence electrons. The summed E-state index contributed by atoms with van der Waals surface area (Å²) in [5.74, 6) is -0.112. The molecule has 12 heavy (non-hydrogen) atoms. The van der Waals surface area contributed by atoms with E-state index in [1.807, 2.05) is 26.8 Å². The van der Waals surface area contributed by atoms with Gasteiger partial charge >= 0.3 is 5.97 Å². The van der Waals surface area contributed by atoms with Crippen LogP contribution in [0.25, 0.3) is 0 Å². The molecule has 0 spiro atoms. The minimum Gasteiger partial charge on any atom is -0.458 e. The first-order valence-corrected chi connectivity index (χ1v) is 4.38. The van der Waals surface area contributed by atoms with Gasteiger partial charge in [-0.25, -0.2) is 0 Å². The highest BCUT2D eigenvalue weighted by Gasteiger charge is 2.25. The van der Waals surface area contributed by atoms with E-state index >= 15 is 0 Å². The second-order valence-electron chi connectivity index (χ2n) is 4.20. The molecule has 1 rings (SSSR count). The highest BCUT2D eigenvalue weighted by Crippen LogP contribution is 2.20. The van der Waals surface area contributed by atoms with Gasteiger partial charge < -0.3 is 4.74 Å². The Morgan fingerprint density at radius 2 is 2.17 bits per heavy atom. The fourth-order valence-corrected chi connectivity index (χ4v) is 1.02. The fourth-order valence-electron chi connectivity index (χ4n) is 1.02. The van der Waals surface area contributed by atoms with E-state index in [1.165, 1.54) is 0 Å². The highest BCUT2D eigenvalue weighted by atomic mass is 16.5. The highest BCUT2D eigenvalue weighted by molar-refractivity contribution is 5.75. The lowest BCUT2D eigenvalue weighted by molar-refractivity contribution is -0.156. The molecule has 0 N–H and O–H groups in total. The van der Waals surface area contributed by atoms with Crippen LogP contribution in [0.15, 0.2) is 12.2 Å². The SMILES string of the molecule is CC(C)(C)C(=O)OC1C=CCC1. The number of carbonyl (C=O) groups excluding carboxylic acids is 1. The Hall–Kier alpha value is -0.790. The van der Waals surface area contributed by atoms with Crippen LogP contribution in [-0.4, -0.2) is 12.1 Å². The zero-order valence-electron chi connectivity index (χ0n) is 7.96. The van der Waals surface area contributed by atoms with Crippen LogP contribution >= 0.6 is 0 Å². The predicted octanol–water partition coefficient (Wildman–Crippen LogP) is 2.29. The number of esters is 1. The van der Waals surface area contributed by atoms with Crippen LogP contribution in [0.2, 0.25) is 0 Å². The Balaban J connectivity index is 2.41. The minimum atomic E-state index is -0.379. The van der Waals surface area contributed by atoms with E-state index in [9.17, 15) is 4.79 Å². The molecule has 0 aromatic carbocycles. The number of hydrogen-bond acceptors (Lipinski definition) is 2. The lowest BCUT2D eigenvalue weighted by Crippen LogP contribution is -2.26. The van der Waals surface area contributed by atoms with Gasteiger partial charge in [0.1, 0.15) is 6.10 Å². The van der Waals surface area contributed by atoms with Crippen LogP contribution in [0.1, 0.15) is 33.6 Å². The Morgan fingerprint density at radius 3 is 2.58 bits per heavy atom. The van der Waals surface area contributed by atoms with Crippen LogP contribution in [0.3, 0.4) is 0 Å². The molecule has 0 aliphatic heterocycles. The molecule has 1 aliphatic rings. The van der Waals surface area contributed by atoms with Crippen molar-refractivity contribution in [1.29, 1.82) is 0 Å². The molecule has 1 atom stereocenters. The Morgan fingerprint density at radius 1 is 1.50 bits per heavy atom. The third kappa shape index (κ3) is 2.36. The quantitative estimate of drug-likeness (QED) is 0.443. The number of rotatable bonds is 1. The number of allylic oxidation sites excluding steroid dienone is 1. The first-order valence-electron chi connectivity index (χ1n) is 4.38. The number of carbonyl (C=O) groups is 1. The second kappa shape index (κ2) is 3.30. The first kappa shape index (κ1) is 9.30. The molecule has 0 saturated heterocycles. The van der Waals surface area contributed by atoms with Crippen molar-refractivity contribution in [2.45, 2.75) is 39.7 Å². The Kier molecular flexibility index (Phi) is 2.55. The van der Waals surface area contributed by atoms with Gasteiger partial charge in [-0.2, -0.15) is 0 Å². The molecule has 0 aromatic rings. The average Bonchev–Trinajstić information content (AvgIpc) is 2.37. The summed E-state index contributed by atoms with van der Waals surface area (Å²) in [6.07, 6.45) is 6.02. The third-order valence-corrected chi connectivity index (χ3v) is 1.84. The summed E-state index contributed by atoms with van der Waals surface area (Å²) >= 11 is 0. The molecule has 0 bridgehead atoms. The third-order valence-electron chi connectivity index (χ3n) is 1.84. The zero-order valence-corrected chi connectivity index (χ0v) is 7.96. The minimum absolute atomic E-state index is 0.0247. The van der Waals surface area contributed by atoms with Gasteiger partial charge in [-0.05, 0) is 39.7 Å². The van der Waals surface area contributed by atoms with Crippen LogP contribution in [-0.2, 0) is 9.53 Å². The van der Waals surface area contributed by atoms with Gasteiger partial charge in [0, 0.05) is 0 Å². The predicted molar refractivity (Wildman–Crippen MR) is 47.7 cm³/mol. The fraction of sp³-hybridized carbons (Fsp3) is 0.700. The Bertz CT molecular complexity index is 198. The lowest BCUT2D eigenvalue weighted by Gasteiger charge is -2.19. The molecule has 0 aromatic heterocycles. The monoisotopic (exact) mass is 168 g/mol. The first-order chi connectivity index (χ1) is 5.50. The maximum atomic E-state index is 11.4. The lowest BCUT2D eigenvalue weighted by atomic mass is 9.97. The zero-order chi connectivity index (χ0) is 9.19. The molecule has 2 nitrogen and oxygen atoms in total. The van der Waals surface area contributed by atoms with E-state index in [0.29, 0.717) is 0 Å². The van der Waals surface area contributed by atoms with Crippen molar-refractivity contribution in [3.8, 4) is 0 Å². The van der Waals surface area contributed by atoms with Gasteiger partial charge in [-0.15, -0.1) is 0 Å². The average molecular weight is 168 g/mol. The maximum absolute atomic E-state index is 11.4. The van der Waals surface area contributed by atoms with Gasteiger partial charge in [0.15, 0.2) is 0 Å². The Labute approximate surface area is 73.6 Å². The van der Waals surface area contributed by atoms with Gasteiger partial charge in [0.2, 0.25) is 0 Å². The van der Waals surface area contributed by atoms with Crippen molar-refractivity contribution in [3.05, 3.63) is 12.2 Å². The van der Waals surface area contributed by atoms with Crippen molar-refractivity contribution in [1.82, 2.24) is 0 Å². The molecule has 0 fully saturated rings. The van der Waals surface area contributed by atoms with E-state index in [4.69, 9.17) is 4.74 Å². The van der Waals surface area contributed by atoms with Gasteiger partial charge in [0.05, 0.1) is 5.41 Å². The molecule has 1 unspecified atom stereocenters. The number of ether oxygens (including phenoxy) is 1. The topological polar surface area (TPSA) is 26.3 Å². The van der Waals surface area contributed by atoms with Gasteiger partial charge in [-0.3, -0.25) is 4.79 Å². The van der Waals surface area contributed by atoms with E-state index in [1.54, 1.807) is 0 Å². The van der Waals surface area contributed by atoms with Gasteiger partial charge in [-0.1, -0.05) is 6.08 Å². The van der Waals surface area contributed by atoms with Crippen molar-refractivity contribution in [2.75, 3.05) is 0 Å². The summed E-state index contributed by atoms with van der Waals surface area (Å²) in [6, 6.07) is 0. The normalized spacial score (nSPS) is 22.8. The van der Waals surface area contributed by atoms with E-state index < -0.39 is 0 Å². The van der Waals surface area contributed by atoms with E-state index in [2.05, 4.69) is 6.08 Å². The molecule has 0 amide bonds. The van der Waals surface area contributed by atoms with Crippen LogP contribution in [0, 0.1) is 5.41 Å². The summed E-state index contributed by atoms with van der Waals surface area (Å²) < 4.78 is 5.25. The van der Waals surface area contributed by atoms with Crippen LogP contribution in [0.5, 0.6) is 0 Å². The standard InChI is InChI=1S/C10H16O2/c1-10(2,3)9(11)12-8-6-4-5-7-8/h4,6,8H,5,7H2,1-3H3. The summed E-state index contributed by atoms with van der Waals surface area (Å²) in [6.45, 7) is 5.61. The van der Waals surface area contributed by atoms with E-state index in [-0.39, 0.29) is 17.5 Å². The number of hydrogen-bond donors (Lipinski definition) is 0. The van der Waals surface area contributed by atoms with Crippen molar-refractivity contribution < 1.29 is 9.53 Å². The molecule has 0 radical (unpaired) electrons. The van der Waals surface area contributed by atoms with Crippen molar-refractivity contribution in [2.24, 2.45) is 5.41 Å². The molecular weight excluding hydrogens is 152 g/mol. The van der Waals surface area contributed by atoms with Crippen LogP contribution in [0.4, 0.5) is 0 Å².